The van der Waals surface area contributed by atoms with Crippen molar-refractivity contribution in [2.24, 2.45) is 5.73 Å². The normalized spacial score (nSPS) is 17.8. The largest absolute Gasteiger partial charge is 0.369 e. The van der Waals surface area contributed by atoms with Crippen LogP contribution in [-0.2, 0) is 10.3 Å². The lowest BCUT2D eigenvalue weighted by molar-refractivity contribution is -0.117. The first-order valence-corrected chi connectivity index (χ1v) is 5.73. The number of hydrogen-bond acceptors (Lipinski definition) is 2. The second kappa shape index (κ2) is 4.26. The minimum atomic E-state index is -0.293. The maximum atomic E-state index is 10.8. The zero-order chi connectivity index (χ0) is 11.6. The fourth-order valence-corrected chi connectivity index (χ4v) is 2.23. The Balaban J connectivity index is 2.14. The van der Waals surface area contributed by atoms with Gasteiger partial charge in [-0.25, -0.2) is 0 Å². The van der Waals surface area contributed by atoms with Crippen molar-refractivity contribution >= 4 is 5.91 Å². The van der Waals surface area contributed by atoms with Gasteiger partial charge < -0.3 is 5.73 Å². The van der Waals surface area contributed by atoms with Crippen molar-refractivity contribution in [1.82, 2.24) is 5.32 Å². The number of benzene rings is 1. The molecule has 1 aliphatic carbocycles. The summed E-state index contributed by atoms with van der Waals surface area (Å²) in [6.45, 7) is 2.34. The Morgan fingerprint density at radius 3 is 2.44 bits per heavy atom. The number of amides is 1. The van der Waals surface area contributed by atoms with Gasteiger partial charge in [0.05, 0.1) is 6.54 Å². The lowest BCUT2D eigenvalue weighted by Crippen LogP contribution is -2.50. The summed E-state index contributed by atoms with van der Waals surface area (Å²) in [6, 6.07) is 8.51. The van der Waals surface area contributed by atoms with Crippen LogP contribution >= 0.6 is 0 Å². The van der Waals surface area contributed by atoms with Crippen molar-refractivity contribution in [1.29, 1.82) is 0 Å². The van der Waals surface area contributed by atoms with Gasteiger partial charge in [-0.15, -0.1) is 0 Å². The molecule has 2 rings (SSSR count). The molecule has 0 bridgehead atoms. The molecule has 1 aliphatic rings. The first kappa shape index (κ1) is 11.1. The fourth-order valence-electron chi connectivity index (χ4n) is 2.23. The molecule has 0 atom stereocenters. The summed E-state index contributed by atoms with van der Waals surface area (Å²) < 4.78 is 0. The molecule has 3 heteroatoms. The predicted molar refractivity (Wildman–Crippen MR) is 63.9 cm³/mol. The first-order chi connectivity index (χ1) is 7.62. The summed E-state index contributed by atoms with van der Waals surface area (Å²) in [5.74, 6) is -0.293. The second-order valence-electron chi connectivity index (χ2n) is 4.62. The Kier molecular flexibility index (Phi) is 2.97. The van der Waals surface area contributed by atoms with Gasteiger partial charge in [-0.2, -0.15) is 0 Å². The number of carbonyl (C=O) groups is 1. The Morgan fingerprint density at radius 2 is 2.00 bits per heavy atom. The molecule has 3 nitrogen and oxygen atoms in total. The van der Waals surface area contributed by atoms with Crippen LogP contribution in [0.3, 0.4) is 0 Å². The lowest BCUT2D eigenvalue weighted by atomic mass is 9.71. The highest BCUT2D eigenvalue weighted by Gasteiger charge is 2.38. The minimum absolute atomic E-state index is 0.0112. The van der Waals surface area contributed by atoms with Crippen molar-refractivity contribution < 1.29 is 4.79 Å². The van der Waals surface area contributed by atoms with Gasteiger partial charge in [0.25, 0.3) is 0 Å². The summed E-state index contributed by atoms with van der Waals surface area (Å²) in [5.41, 5.74) is 7.69. The van der Waals surface area contributed by atoms with Crippen molar-refractivity contribution in [2.45, 2.75) is 31.7 Å². The molecular formula is C13H18N2O. The SMILES string of the molecule is Cc1ccc(C2(NCC(N)=O)CCC2)cc1. The molecule has 0 aromatic heterocycles. The van der Waals surface area contributed by atoms with Crippen LogP contribution in [0.4, 0.5) is 0 Å². The van der Waals surface area contributed by atoms with Gasteiger partial charge in [0.2, 0.25) is 5.91 Å². The van der Waals surface area contributed by atoms with Crippen LogP contribution < -0.4 is 11.1 Å². The van der Waals surface area contributed by atoms with E-state index >= 15 is 0 Å². The van der Waals surface area contributed by atoms with Gasteiger partial charge in [0.15, 0.2) is 0 Å². The van der Waals surface area contributed by atoms with Crippen LogP contribution in [0.2, 0.25) is 0 Å². The second-order valence-corrected chi connectivity index (χ2v) is 4.62. The van der Waals surface area contributed by atoms with E-state index in [0.717, 1.165) is 12.8 Å². The van der Waals surface area contributed by atoms with Gasteiger partial charge >= 0.3 is 0 Å². The third kappa shape index (κ3) is 2.09. The number of hydrogen-bond donors (Lipinski definition) is 2. The maximum Gasteiger partial charge on any atom is 0.231 e. The van der Waals surface area contributed by atoms with Gasteiger partial charge in [-0.05, 0) is 31.7 Å². The third-order valence-corrected chi connectivity index (χ3v) is 3.41. The van der Waals surface area contributed by atoms with E-state index in [1.165, 1.54) is 17.5 Å². The molecular weight excluding hydrogens is 200 g/mol. The monoisotopic (exact) mass is 218 g/mol. The molecule has 1 fully saturated rings. The average molecular weight is 218 g/mol. The number of primary amides is 1. The van der Waals surface area contributed by atoms with Gasteiger partial charge in [0.1, 0.15) is 0 Å². The highest BCUT2D eigenvalue weighted by molar-refractivity contribution is 5.76. The smallest absolute Gasteiger partial charge is 0.231 e. The van der Waals surface area contributed by atoms with E-state index in [0.29, 0.717) is 0 Å². The molecule has 1 saturated carbocycles. The van der Waals surface area contributed by atoms with Crippen LogP contribution in [0.15, 0.2) is 24.3 Å². The van der Waals surface area contributed by atoms with Crippen LogP contribution in [0, 0.1) is 6.92 Å². The quantitative estimate of drug-likeness (QED) is 0.803. The average Bonchev–Trinajstić information content (AvgIpc) is 2.18. The summed E-state index contributed by atoms with van der Waals surface area (Å²) in [6.07, 6.45) is 3.38. The van der Waals surface area contributed by atoms with E-state index in [9.17, 15) is 4.79 Å². The molecule has 1 amide bonds. The molecule has 0 spiro atoms. The molecule has 0 heterocycles. The van der Waals surface area contributed by atoms with Gasteiger partial charge in [0, 0.05) is 5.54 Å². The maximum absolute atomic E-state index is 10.8. The fraction of sp³-hybridized carbons (Fsp3) is 0.462. The molecule has 3 N–H and O–H groups in total. The highest BCUT2D eigenvalue weighted by Crippen LogP contribution is 2.41. The van der Waals surface area contributed by atoms with E-state index in [1.807, 2.05) is 0 Å². The lowest BCUT2D eigenvalue weighted by Gasteiger charge is -2.43. The van der Waals surface area contributed by atoms with Crippen molar-refractivity contribution in [2.75, 3.05) is 6.54 Å². The Hall–Kier alpha value is -1.35. The minimum Gasteiger partial charge on any atom is -0.369 e. The van der Waals surface area contributed by atoms with Gasteiger partial charge in [-0.1, -0.05) is 29.8 Å². The molecule has 1 aromatic rings. The topological polar surface area (TPSA) is 55.1 Å². The standard InChI is InChI=1S/C13H18N2O/c1-10-3-5-11(6-4-10)13(7-2-8-13)15-9-12(14)16/h3-6,15H,2,7-9H2,1H3,(H2,14,16). The molecule has 0 radical (unpaired) electrons. The van der Waals surface area contributed by atoms with E-state index in [1.54, 1.807) is 0 Å². The molecule has 0 unspecified atom stereocenters. The highest BCUT2D eigenvalue weighted by atomic mass is 16.1. The molecule has 16 heavy (non-hydrogen) atoms. The van der Waals surface area contributed by atoms with E-state index < -0.39 is 0 Å². The number of nitrogens with two attached hydrogens (primary N) is 1. The van der Waals surface area contributed by atoms with Crippen LogP contribution in [0.25, 0.3) is 0 Å². The molecule has 1 aromatic carbocycles. The summed E-state index contributed by atoms with van der Waals surface area (Å²) >= 11 is 0. The van der Waals surface area contributed by atoms with Crippen molar-refractivity contribution in [3.63, 3.8) is 0 Å². The number of carbonyl (C=O) groups excluding carboxylic acids is 1. The van der Waals surface area contributed by atoms with Crippen LogP contribution in [0.5, 0.6) is 0 Å². The Labute approximate surface area is 96.0 Å². The van der Waals surface area contributed by atoms with Gasteiger partial charge in [-0.3, -0.25) is 10.1 Å². The van der Waals surface area contributed by atoms with E-state index in [4.69, 9.17) is 5.73 Å². The van der Waals surface area contributed by atoms with Crippen molar-refractivity contribution in [3.8, 4) is 0 Å². The molecule has 0 saturated heterocycles. The number of aryl methyl sites for hydroxylation is 1. The predicted octanol–water partition coefficient (Wildman–Crippen LogP) is 1.45. The molecule has 86 valence electrons. The Morgan fingerprint density at radius 1 is 1.38 bits per heavy atom. The van der Waals surface area contributed by atoms with Crippen molar-refractivity contribution in [3.05, 3.63) is 35.4 Å². The van der Waals surface area contributed by atoms with E-state index in [-0.39, 0.29) is 18.0 Å². The van der Waals surface area contributed by atoms with E-state index in [2.05, 4.69) is 36.5 Å². The first-order valence-electron chi connectivity index (χ1n) is 5.73. The summed E-state index contributed by atoms with van der Waals surface area (Å²) in [5, 5.41) is 3.29. The zero-order valence-electron chi connectivity index (χ0n) is 9.62. The zero-order valence-corrected chi connectivity index (χ0v) is 9.62. The summed E-state index contributed by atoms with van der Waals surface area (Å²) in [7, 11) is 0. The third-order valence-electron chi connectivity index (χ3n) is 3.41. The van der Waals surface area contributed by atoms with Crippen LogP contribution in [-0.4, -0.2) is 12.5 Å². The van der Waals surface area contributed by atoms with Crippen LogP contribution in [0.1, 0.15) is 30.4 Å². The summed E-state index contributed by atoms with van der Waals surface area (Å²) in [4.78, 5) is 10.8. The number of rotatable bonds is 4. The molecule has 0 aliphatic heterocycles. The Bertz CT molecular complexity index is 379. The number of nitrogens with one attached hydrogen (secondary N) is 1.